The molecule has 2 N–H and O–H groups in total. The summed E-state index contributed by atoms with van der Waals surface area (Å²) in [6.07, 6.45) is 6.68. The van der Waals surface area contributed by atoms with Gasteiger partial charge in [0.25, 0.3) is 0 Å². The number of phenols is 2. The first kappa shape index (κ1) is 29.3. The summed E-state index contributed by atoms with van der Waals surface area (Å²) in [5.74, 6) is 1.90. The second-order valence-corrected chi connectivity index (χ2v) is 14.1. The zero-order valence-corrected chi connectivity index (χ0v) is 24.3. The quantitative estimate of drug-likeness (QED) is 0.355. The molecule has 0 bridgehead atoms. The molecule has 2 rings (SSSR count). The van der Waals surface area contributed by atoms with Crippen molar-refractivity contribution in [2.75, 3.05) is 0 Å². The van der Waals surface area contributed by atoms with Gasteiger partial charge < -0.3 is 10.2 Å². The molecule has 196 valence electrons. The van der Waals surface area contributed by atoms with E-state index >= 15 is 0 Å². The van der Waals surface area contributed by atoms with E-state index in [0.29, 0.717) is 34.2 Å². The molecule has 2 heteroatoms. The molecule has 0 aliphatic carbocycles. The Bertz CT molecular complexity index is 879. The molecule has 0 radical (unpaired) electrons. The molecular weight excluding hydrogens is 428 g/mol. The van der Waals surface area contributed by atoms with Crippen LogP contribution in [0.25, 0.3) is 0 Å². The molecule has 0 saturated heterocycles. The van der Waals surface area contributed by atoms with Crippen LogP contribution in [0.5, 0.6) is 11.5 Å². The van der Waals surface area contributed by atoms with Gasteiger partial charge in [0.1, 0.15) is 11.5 Å². The summed E-state index contributed by atoms with van der Waals surface area (Å²) in [6, 6.07) is 12.1. The molecule has 2 atom stereocenters. The molecule has 0 aromatic heterocycles. The normalized spacial score (nSPS) is 14.7. The van der Waals surface area contributed by atoms with E-state index in [1.54, 1.807) is 0 Å². The molecule has 0 heterocycles. The van der Waals surface area contributed by atoms with Crippen LogP contribution in [0.2, 0.25) is 0 Å². The Hall–Kier alpha value is -1.96. The minimum Gasteiger partial charge on any atom is -0.508 e. The average Bonchev–Trinajstić information content (AvgIpc) is 2.69. The first-order valence-corrected chi connectivity index (χ1v) is 13.6. The first-order valence-electron chi connectivity index (χ1n) is 13.6. The second kappa shape index (κ2) is 11.4. The van der Waals surface area contributed by atoms with Crippen LogP contribution in [-0.4, -0.2) is 10.2 Å². The molecule has 35 heavy (non-hydrogen) atoms. The van der Waals surface area contributed by atoms with Gasteiger partial charge in [-0.3, -0.25) is 0 Å². The predicted molar refractivity (Wildman–Crippen MR) is 151 cm³/mol. The van der Waals surface area contributed by atoms with Crippen LogP contribution in [0.3, 0.4) is 0 Å². The first-order chi connectivity index (χ1) is 16.0. The van der Waals surface area contributed by atoms with Gasteiger partial charge in [-0.15, -0.1) is 0 Å². The average molecular weight is 481 g/mol. The Morgan fingerprint density at radius 2 is 0.943 bits per heavy atom. The lowest BCUT2D eigenvalue weighted by Gasteiger charge is -2.29. The summed E-state index contributed by atoms with van der Waals surface area (Å²) >= 11 is 0. The van der Waals surface area contributed by atoms with Crippen LogP contribution in [0.15, 0.2) is 36.4 Å². The number of hydrogen-bond acceptors (Lipinski definition) is 2. The standard InChI is InChI=1S/C33H52O2/c1-23(21-31(3,4)5)11-13-25-15-17-29(34)27(19-25)33(9,10)28-20-26(16-18-30(28)35)14-12-24(2)22-32(6,7)8/h15-20,23-24,34-35H,11-14,21-22H2,1-10H3/t23-,24-/m1/s1. The fourth-order valence-corrected chi connectivity index (χ4v) is 5.74. The van der Waals surface area contributed by atoms with Crippen molar-refractivity contribution in [1.29, 1.82) is 0 Å². The van der Waals surface area contributed by atoms with Crippen molar-refractivity contribution in [3.8, 4) is 11.5 Å². The fourth-order valence-electron chi connectivity index (χ4n) is 5.74. The van der Waals surface area contributed by atoms with Gasteiger partial charge in [-0.1, -0.05) is 93.5 Å². The number of hydrogen-bond donors (Lipinski definition) is 2. The van der Waals surface area contributed by atoms with E-state index in [-0.39, 0.29) is 0 Å². The Labute approximate surface area is 216 Å². The van der Waals surface area contributed by atoms with Crippen molar-refractivity contribution in [1.82, 2.24) is 0 Å². The van der Waals surface area contributed by atoms with Crippen LogP contribution in [-0.2, 0) is 18.3 Å². The number of phenolic OH excluding ortho intramolecular Hbond substituents is 2. The van der Waals surface area contributed by atoms with Gasteiger partial charge in [0.05, 0.1) is 0 Å². The van der Waals surface area contributed by atoms with Gasteiger partial charge in [-0.25, -0.2) is 0 Å². The van der Waals surface area contributed by atoms with Crippen molar-refractivity contribution < 1.29 is 10.2 Å². The van der Waals surface area contributed by atoms with E-state index < -0.39 is 5.41 Å². The Balaban J connectivity index is 2.23. The molecule has 0 aliphatic heterocycles. The summed E-state index contributed by atoms with van der Waals surface area (Å²) < 4.78 is 0. The molecule has 0 unspecified atom stereocenters. The van der Waals surface area contributed by atoms with E-state index in [4.69, 9.17) is 0 Å². The largest absolute Gasteiger partial charge is 0.508 e. The molecule has 0 amide bonds. The highest BCUT2D eigenvalue weighted by atomic mass is 16.3. The summed E-state index contributed by atoms with van der Waals surface area (Å²) in [5, 5.41) is 21.6. The van der Waals surface area contributed by atoms with Crippen molar-refractivity contribution in [3.63, 3.8) is 0 Å². The summed E-state index contributed by atoms with van der Waals surface area (Å²) in [4.78, 5) is 0. The highest BCUT2D eigenvalue weighted by Gasteiger charge is 2.30. The zero-order valence-electron chi connectivity index (χ0n) is 24.3. The summed E-state index contributed by atoms with van der Waals surface area (Å²) in [6.45, 7) is 22.7. The van der Waals surface area contributed by atoms with Gasteiger partial charge >= 0.3 is 0 Å². The third kappa shape index (κ3) is 9.21. The number of aryl methyl sites for hydroxylation is 2. The van der Waals surface area contributed by atoms with Crippen molar-refractivity contribution in [2.45, 2.75) is 113 Å². The Morgan fingerprint density at radius 1 is 0.600 bits per heavy atom. The Morgan fingerprint density at radius 3 is 1.26 bits per heavy atom. The lowest BCUT2D eigenvalue weighted by Crippen LogP contribution is -2.20. The third-order valence-electron chi connectivity index (χ3n) is 7.24. The number of rotatable bonds is 10. The SMILES string of the molecule is C[C@H](CCc1ccc(O)c(C(C)(C)c2cc(CC[C@@H](C)CC(C)(C)C)ccc2O)c1)CC(C)(C)C. The smallest absolute Gasteiger partial charge is 0.119 e. The molecule has 2 nitrogen and oxygen atoms in total. The van der Waals surface area contributed by atoms with Gasteiger partial charge in [0.15, 0.2) is 0 Å². The van der Waals surface area contributed by atoms with Crippen LogP contribution in [0.4, 0.5) is 0 Å². The van der Waals surface area contributed by atoms with Crippen LogP contribution in [0.1, 0.15) is 117 Å². The summed E-state index contributed by atoms with van der Waals surface area (Å²) in [5.41, 5.74) is 4.44. The monoisotopic (exact) mass is 480 g/mol. The van der Waals surface area contributed by atoms with E-state index in [1.807, 2.05) is 24.3 Å². The van der Waals surface area contributed by atoms with Gasteiger partial charge in [0, 0.05) is 16.5 Å². The van der Waals surface area contributed by atoms with Gasteiger partial charge in [-0.2, -0.15) is 0 Å². The van der Waals surface area contributed by atoms with Crippen molar-refractivity contribution >= 4 is 0 Å². The second-order valence-electron chi connectivity index (χ2n) is 14.1. The highest BCUT2D eigenvalue weighted by Crippen LogP contribution is 2.42. The molecule has 0 saturated carbocycles. The van der Waals surface area contributed by atoms with E-state index in [9.17, 15) is 10.2 Å². The molecule has 2 aromatic carbocycles. The number of aromatic hydroxyl groups is 2. The third-order valence-corrected chi connectivity index (χ3v) is 7.24. The predicted octanol–water partition coefficient (Wildman–Crippen LogP) is 9.43. The number of benzene rings is 2. The Kier molecular flexibility index (Phi) is 9.53. The van der Waals surface area contributed by atoms with Crippen LogP contribution in [0, 0.1) is 22.7 Å². The van der Waals surface area contributed by atoms with Crippen molar-refractivity contribution in [3.05, 3.63) is 58.7 Å². The molecule has 0 aliphatic rings. The van der Waals surface area contributed by atoms with E-state index in [1.165, 1.54) is 24.0 Å². The molecule has 0 fully saturated rings. The maximum atomic E-state index is 10.8. The fraction of sp³-hybridized carbons (Fsp3) is 0.636. The lowest BCUT2D eigenvalue weighted by molar-refractivity contribution is 0.296. The van der Waals surface area contributed by atoms with Crippen LogP contribution < -0.4 is 0 Å². The molecular formula is C33H52O2. The molecule has 0 spiro atoms. The summed E-state index contributed by atoms with van der Waals surface area (Å²) in [7, 11) is 0. The van der Waals surface area contributed by atoms with Gasteiger partial charge in [-0.05, 0) is 84.5 Å². The topological polar surface area (TPSA) is 40.5 Å². The maximum Gasteiger partial charge on any atom is 0.119 e. The van der Waals surface area contributed by atoms with E-state index in [2.05, 4.69) is 81.4 Å². The van der Waals surface area contributed by atoms with Crippen LogP contribution >= 0.6 is 0 Å². The van der Waals surface area contributed by atoms with E-state index in [0.717, 1.165) is 36.8 Å². The maximum absolute atomic E-state index is 10.8. The zero-order chi connectivity index (χ0) is 26.6. The minimum absolute atomic E-state index is 0.296. The lowest BCUT2D eigenvalue weighted by atomic mass is 9.75. The minimum atomic E-state index is -0.506. The van der Waals surface area contributed by atoms with Gasteiger partial charge in [0.2, 0.25) is 0 Å². The van der Waals surface area contributed by atoms with Crippen molar-refractivity contribution in [2.24, 2.45) is 22.7 Å². The molecule has 2 aromatic rings. The highest BCUT2D eigenvalue weighted by molar-refractivity contribution is 5.52.